The molecule has 0 aromatic carbocycles. The van der Waals surface area contributed by atoms with Crippen LogP contribution in [0.3, 0.4) is 0 Å². The SMILES string of the molecule is CC(=O)N1C2CCC(C3CCCC(C4CCCCC4)C3)CC2N(C(=O)COC2CCCCC2)C[C@@H]1C. The number of ether oxygens (including phenoxy) is 1. The molecular weight excluding hydrogens is 448 g/mol. The fraction of sp³-hybridized carbons (Fsp3) is 0.935. The van der Waals surface area contributed by atoms with Gasteiger partial charge in [-0.05, 0) is 69.1 Å². The van der Waals surface area contributed by atoms with Crippen LogP contribution in [0.1, 0.15) is 123 Å². The van der Waals surface area contributed by atoms with Crippen LogP contribution in [0.2, 0.25) is 0 Å². The molecule has 5 fully saturated rings. The molecule has 0 radical (unpaired) electrons. The highest BCUT2D eigenvalue weighted by Gasteiger charge is 2.47. The van der Waals surface area contributed by atoms with E-state index < -0.39 is 0 Å². The first kappa shape index (κ1) is 26.5. The Balaban J connectivity index is 1.25. The summed E-state index contributed by atoms with van der Waals surface area (Å²) in [6.45, 7) is 4.73. The minimum Gasteiger partial charge on any atom is -0.368 e. The fourth-order valence-corrected chi connectivity index (χ4v) is 9.15. The quantitative estimate of drug-likeness (QED) is 0.443. The number of amides is 2. The van der Waals surface area contributed by atoms with Gasteiger partial charge in [-0.3, -0.25) is 9.59 Å². The maximum atomic E-state index is 13.6. The molecule has 204 valence electrons. The van der Waals surface area contributed by atoms with Crippen molar-refractivity contribution in [3.05, 3.63) is 0 Å². The van der Waals surface area contributed by atoms with Crippen molar-refractivity contribution >= 4 is 11.8 Å². The van der Waals surface area contributed by atoms with Crippen LogP contribution in [-0.2, 0) is 14.3 Å². The highest BCUT2D eigenvalue weighted by molar-refractivity contribution is 5.79. The molecule has 1 saturated heterocycles. The third-order valence-corrected chi connectivity index (χ3v) is 10.9. The first-order valence-corrected chi connectivity index (χ1v) is 15.7. The number of fused-ring (bicyclic) bond motifs is 1. The lowest BCUT2D eigenvalue weighted by Crippen LogP contribution is -2.67. The third-order valence-electron chi connectivity index (χ3n) is 10.9. The molecule has 0 aromatic heterocycles. The summed E-state index contributed by atoms with van der Waals surface area (Å²) in [4.78, 5) is 30.5. The van der Waals surface area contributed by atoms with Crippen LogP contribution in [0.4, 0.5) is 0 Å². The minimum absolute atomic E-state index is 0.0873. The summed E-state index contributed by atoms with van der Waals surface area (Å²) in [5.41, 5.74) is 0. The zero-order valence-electron chi connectivity index (χ0n) is 23.2. The number of carbonyl (C=O) groups is 2. The van der Waals surface area contributed by atoms with E-state index in [0.717, 1.165) is 43.4 Å². The van der Waals surface area contributed by atoms with Gasteiger partial charge < -0.3 is 14.5 Å². The van der Waals surface area contributed by atoms with E-state index in [2.05, 4.69) is 16.7 Å². The van der Waals surface area contributed by atoms with Gasteiger partial charge in [0.15, 0.2) is 0 Å². The van der Waals surface area contributed by atoms with Gasteiger partial charge >= 0.3 is 0 Å². The second kappa shape index (κ2) is 12.2. The summed E-state index contributed by atoms with van der Waals surface area (Å²) < 4.78 is 6.14. The van der Waals surface area contributed by atoms with Crippen LogP contribution < -0.4 is 0 Å². The van der Waals surface area contributed by atoms with E-state index in [1.54, 1.807) is 6.92 Å². The first-order valence-electron chi connectivity index (χ1n) is 15.7. The Morgan fingerprint density at radius 3 is 2.00 bits per heavy atom. The van der Waals surface area contributed by atoms with Crippen molar-refractivity contribution in [1.29, 1.82) is 0 Å². The molecule has 1 aliphatic heterocycles. The molecule has 2 amide bonds. The molecule has 0 N–H and O–H groups in total. The fourth-order valence-electron chi connectivity index (χ4n) is 9.15. The van der Waals surface area contributed by atoms with Gasteiger partial charge in [0.25, 0.3) is 0 Å². The molecule has 5 rings (SSSR count). The molecule has 0 spiro atoms. The zero-order valence-corrected chi connectivity index (χ0v) is 23.2. The Labute approximate surface area is 220 Å². The molecule has 36 heavy (non-hydrogen) atoms. The molecule has 6 atom stereocenters. The lowest BCUT2D eigenvalue weighted by atomic mass is 9.64. The van der Waals surface area contributed by atoms with Gasteiger partial charge in [0.2, 0.25) is 11.8 Å². The molecular formula is C31H52N2O3. The van der Waals surface area contributed by atoms with Gasteiger partial charge in [-0.15, -0.1) is 0 Å². The highest BCUT2D eigenvalue weighted by Crippen LogP contribution is 2.47. The summed E-state index contributed by atoms with van der Waals surface area (Å²) in [7, 11) is 0. The predicted molar refractivity (Wildman–Crippen MR) is 143 cm³/mol. The van der Waals surface area contributed by atoms with Crippen LogP contribution in [0.25, 0.3) is 0 Å². The Morgan fingerprint density at radius 1 is 0.694 bits per heavy atom. The van der Waals surface area contributed by atoms with Crippen molar-refractivity contribution in [2.75, 3.05) is 13.2 Å². The second-order valence-electron chi connectivity index (χ2n) is 13.2. The molecule has 0 aromatic rings. The van der Waals surface area contributed by atoms with Crippen molar-refractivity contribution in [2.45, 2.75) is 147 Å². The Hall–Kier alpha value is -1.10. The van der Waals surface area contributed by atoms with Gasteiger partial charge in [0.05, 0.1) is 18.2 Å². The first-order chi connectivity index (χ1) is 17.5. The van der Waals surface area contributed by atoms with Gasteiger partial charge in [-0.1, -0.05) is 70.6 Å². The summed E-state index contributed by atoms with van der Waals surface area (Å²) >= 11 is 0. The van der Waals surface area contributed by atoms with Crippen LogP contribution in [0.15, 0.2) is 0 Å². The van der Waals surface area contributed by atoms with E-state index in [1.165, 1.54) is 83.5 Å². The lowest BCUT2D eigenvalue weighted by Gasteiger charge is -2.55. The minimum atomic E-state index is 0.0873. The average molecular weight is 501 g/mol. The number of piperazine rings is 1. The molecule has 0 bridgehead atoms. The predicted octanol–water partition coefficient (Wildman–Crippen LogP) is 6.34. The normalized spacial score (nSPS) is 36.9. The van der Waals surface area contributed by atoms with Gasteiger partial charge in [0.1, 0.15) is 6.61 Å². The van der Waals surface area contributed by atoms with Crippen LogP contribution in [0, 0.1) is 23.7 Å². The number of hydrogen-bond donors (Lipinski definition) is 0. The largest absolute Gasteiger partial charge is 0.368 e. The highest BCUT2D eigenvalue weighted by atomic mass is 16.5. The van der Waals surface area contributed by atoms with E-state index in [0.29, 0.717) is 12.5 Å². The van der Waals surface area contributed by atoms with E-state index in [9.17, 15) is 9.59 Å². The average Bonchev–Trinajstić information content (AvgIpc) is 2.92. The standard InChI is InChI=1S/C31H52N2O3/c1-22-20-32(31(35)21-36-28-14-7-4-8-15-28)30-19-27(16-17-29(30)33(22)23(2)34)26-13-9-12-25(18-26)24-10-5-3-6-11-24/h22,24-30H,3-21H2,1-2H3/t22-,25?,26?,27?,29?,30?/m0/s1. The Kier molecular flexibility index (Phi) is 8.96. The Bertz CT molecular complexity index is 744. The smallest absolute Gasteiger partial charge is 0.248 e. The van der Waals surface area contributed by atoms with Crippen LogP contribution in [0.5, 0.6) is 0 Å². The molecule has 5 aliphatic rings. The van der Waals surface area contributed by atoms with Crippen molar-refractivity contribution < 1.29 is 14.3 Å². The molecule has 5 heteroatoms. The van der Waals surface area contributed by atoms with E-state index in [1.807, 2.05) is 0 Å². The van der Waals surface area contributed by atoms with Crippen molar-refractivity contribution in [3.8, 4) is 0 Å². The zero-order chi connectivity index (χ0) is 25.1. The van der Waals surface area contributed by atoms with Gasteiger partial charge in [0, 0.05) is 19.5 Å². The molecule has 5 unspecified atom stereocenters. The van der Waals surface area contributed by atoms with Gasteiger partial charge in [-0.25, -0.2) is 0 Å². The molecule has 4 saturated carbocycles. The van der Waals surface area contributed by atoms with Crippen LogP contribution in [-0.4, -0.2) is 59.0 Å². The van der Waals surface area contributed by atoms with E-state index in [4.69, 9.17) is 4.74 Å². The lowest BCUT2D eigenvalue weighted by molar-refractivity contribution is -0.159. The molecule has 5 nitrogen and oxygen atoms in total. The second-order valence-corrected chi connectivity index (χ2v) is 13.2. The van der Waals surface area contributed by atoms with Crippen molar-refractivity contribution in [3.63, 3.8) is 0 Å². The summed E-state index contributed by atoms with van der Waals surface area (Å²) in [5.74, 6) is 3.76. The van der Waals surface area contributed by atoms with E-state index in [-0.39, 0.29) is 42.7 Å². The molecule has 1 heterocycles. The monoisotopic (exact) mass is 500 g/mol. The summed E-state index contributed by atoms with van der Waals surface area (Å²) in [6, 6.07) is 0.435. The number of hydrogen-bond acceptors (Lipinski definition) is 3. The van der Waals surface area contributed by atoms with Crippen molar-refractivity contribution in [1.82, 2.24) is 9.80 Å². The van der Waals surface area contributed by atoms with Gasteiger partial charge in [-0.2, -0.15) is 0 Å². The summed E-state index contributed by atoms with van der Waals surface area (Å²) in [5, 5.41) is 0. The molecule has 4 aliphatic carbocycles. The Morgan fingerprint density at radius 2 is 1.31 bits per heavy atom. The van der Waals surface area contributed by atoms with Crippen LogP contribution >= 0.6 is 0 Å². The number of nitrogens with zero attached hydrogens (tertiary/aromatic N) is 2. The topological polar surface area (TPSA) is 49.9 Å². The third kappa shape index (κ3) is 5.97. The van der Waals surface area contributed by atoms with E-state index >= 15 is 0 Å². The van der Waals surface area contributed by atoms with Crippen molar-refractivity contribution in [2.24, 2.45) is 23.7 Å². The number of carbonyl (C=O) groups excluding carboxylic acids is 2. The maximum absolute atomic E-state index is 13.6. The summed E-state index contributed by atoms with van der Waals surface area (Å²) in [6.07, 6.45) is 22.4. The number of rotatable bonds is 5. The maximum Gasteiger partial charge on any atom is 0.248 e.